The van der Waals surface area contributed by atoms with Crippen LogP contribution in [0.3, 0.4) is 0 Å². The van der Waals surface area contributed by atoms with Crippen molar-refractivity contribution in [2.75, 3.05) is 5.32 Å². The van der Waals surface area contributed by atoms with Crippen molar-refractivity contribution in [2.24, 2.45) is 5.92 Å². The monoisotopic (exact) mass is 343 g/mol. The lowest BCUT2D eigenvalue weighted by Gasteiger charge is -2.03. The predicted octanol–water partition coefficient (Wildman–Crippen LogP) is 4.25. The summed E-state index contributed by atoms with van der Waals surface area (Å²) in [5.41, 5.74) is 0.876. The Bertz CT molecular complexity index is 557. The standard InChI is InChI=1S/C13H15BrFN3S/c1-8(2)5-12-17-18-13(19-12)16-7-9-3-4-10(14)11(15)6-9/h3-4,6,8H,5,7H2,1-2H3,(H,16,18). The lowest BCUT2D eigenvalue weighted by atomic mass is 10.1. The van der Waals surface area contributed by atoms with Crippen LogP contribution in [0.2, 0.25) is 0 Å². The van der Waals surface area contributed by atoms with Crippen LogP contribution in [0.25, 0.3) is 0 Å². The molecule has 0 fully saturated rings. The van der Waals surface area contributed by atoms with Gasteiger partial charge in [0.15, 0.2) is 0 Å². The van der Waals surface area contributed by atoms with Crippen LogP contribution >= 0.6 is 27.3 Å². The van der Waals surface area contributed by atoms with E-state index in [9.17, 15) is 4.39 Å². The Kier molecular flexibility index (Phi) is 4.87. The van der Waals surface area contributed by atoms with Gasteiger partial charge in [0.1, 0.15) is 10.8 Å². The molecule has 0 radical (unpaired) electrons. The van der Waals surface area contributed by atoms with Crippen molar-refractivity contribution in [3.8, 4) is 0 Å². The van der Waals surface area contributed by atoms with Crippen molar-refractivity contribution in [3.05, 3.63) is 39.1 Å². The SMILES string of the molecule is CC(C)Cc1nnc(NCc2ccc(Br)c(F)c2)s1. The van der Waals surface area contributed by atoms with Crippen molar-refractivity contribution in [1.82, 2.24) is 10.2 Å². The third kappa shape index (κ3) is 4.24. The van der Waals surface area contributed by atoms with Crippen molar-refractivity contribution in [3.63, 3.8) is 0 Å². The molecule has 102 valence electrons. The molecule has 2 aromatic rings. The molecule has 0 bridgehead atoms. The summed E-state index contributed by atoms with van der Waals surface area (Å²) in [4.78, 5) is 0. The fourth-order valence-corrected chi connectivity index (χ4v) is 2.78. The molecule has 0 unspecified atom stereocenters. The minimum atomic E-state index is -0.253. The second-order valence-electron chi connectivity index (χ2n) is 4.70. The van der Waals surface area contributed by atoms with Gasteiger partial charge in [0.05, 0.1) is 4.47 Å². The van der Waals surface area contributed by atoms with E-state index in [0.29, 0.717) is 16.9 Å². The molecule has 6 heteroatoms. The first-order valence-corrected chi connectivity index (χ1v) is 7.65. The molecule has 0 atom stereocenters. The Morgan fingerprint density at radius 2 is 2.16 bits per heavy atom. The summed E-state index contributed by atoms with van der Waals surface area (Å²) in [5.74, 6) is 0.318. The first-order chi connectivity index (χ1) is 9.04. The molecule has 0 saturated heterocycles. The van der Waals surface area contributed by atoms with Crippen LogP contribution in [0.5, 0.6) is 0 Å². The van der Waals surface area contributed by atoms with Gasteiger partial charge in [0.2, 0.25) is 5.13 Å². The third-order valence-electron chi connectivity index (χ3n) is 2.48. The maximum absolute atomic E-state index is 13.4. The third-order valence-corrected chi connectivity index (χ3v) is 4.02. The molecule has 1 heterocycles. The number of halogens is 2. The summed E-state index contributed by atoms with van der Waals surface area (Å²) in [6.07, 6.45) is 0.937. The molecule has 0 aliphatic heterocycles. The van der Waals surface area contributed by atoms with Crippen LogP contribution in [-0.2, 0) is 13.0 Å². The highest BCUT2D eigenvalue weighted by molar-refractivity contribution is 9.10. The van der Waals surface area contributed by atoms with Gasteiger partial charge in [0, 0.05) is 13.0 Å². The summed E-state index contributed by atoms with van der Waals surface area (Å²) in [5, 5.41) is 13.2. The van der Waals surface area contributed by atoms with Crippen LogP contribution < -0.4 is 5.32 Å². The van der Waals surface area contributed by atoms with Crippen LogP contribution in [0.15, 0.2) is 22.7 Å². The largest absolute Gasteiger partial charge is 0.356 e. The van der Waals surface area contributed by atoms with Gasteiger partial charge in [-0.05, 0) is 39.5 Å². The molecule has 0 saturated carbocycles. The average Bonchev–Trinajstić information content (AvgIpc) is 2.77. The topological polar surface area (TPSA) is 37.8 Å². The zero-order chi connectivity index (χ0) is 13.8. The van der Waals surface area contributed by atoms with Gasteiger partial charge in [-0.3, -0.25) is 0 Å². The van der Waals surface area contributed by atoms with E-state index in [1.54, 1.807) is 17.4 Å². The highest BCUT2D eigenvalue weighted by atomic mass is 79.9. The molecule has 0 spiro atoms. The molecule has 1 N–H and O–H groups in total. The van der Waals surface area contributed by atoms with E-state index in [4.69, 9.17) is 0 Å². The lowest BCUT2D eigenvalue weighted by Crippen LogP contribution is -1.99. The normalized spacial score (nSPS) is 11.0. The zero-order valence-electron chi connectivity index (χ0n) is 10.8. The Hall–Kier alpha value is -1.01. The summed E-state index contributed by atoms with van der Waals surface area (Å²) in [7, 11) is 0. The van der Waals surface area contributed by atoms with Gasteiger partial charge >= 0.3 is 0 Å². The maximum atomic E-state index is 13.4. The minimum absolute atomic E-state index is 0.253. The van der Waals surface area contributed by atoms with E-state index in [-0.39, 0.29) is 5.82 Å². The van der Waals surface area contributed by atoms with E-state index in [0.717, 1.165) is 22.1 Å². The zero-order valence-corrected chi connectivity index (χ0v) is 13.2. The van der Waals surface area contributed by atoms with Gasteiger partial charge in [-0.2, -0.15) is 0 Å². The van der Waals surface area contributed by atoms with Crippen molar-refractivity contribution in [1.29, 1.82) is 0 Å². The molecular formula is C13H15BrFN3S. The number of nitrogens with zero attached hydrogens (tertiary/aromatic N) is 2. The molecule has 0 amide bonds. The van der Waals surface area contributed by atoms with Gasteiger partial charge in [-0.25, -0.2) is 4.39 Å². The Balaban J connectivity index is 1.94. The summed E-state index contributed by atoms with van der Waals surface area (Å²) in [6.45, 7) is 4.85. The minimum Gasteiger partial charge on any atom is -0.356 e. The highest BCUT2D eigenvalue weighted by Crippen LogP contribution is 2.20. The smallest absolute Gasteiger partial charge is 0.205 e. The summed E-state index contributed by atoms with van der Waals surface area (Å²) < 4.78 is 13.8. The van der Waals surface area contributed by atoms with Gasteiger partial charge < -0.3 is 5.32 Å². The molecule has 3 nitrogen and oxygen atoms in total. The van der Waals surface area contributed by atoms with E-state index in [2.05, 4.69) is 45.3 Å². The van der Waals surface area contributed by atoms with E-state index in [1.807, 2.05) is 6.07 Å². The molecule has 0 aliphatic carbocycles. The molecule has 0 aliphatic rings. The average molecular weight is 344 g/mol. The van der Waals surface area contributed by atoms with Crippen molar-refractivity contribution >= 4 is 32.4 Å². The van der Waals surface area contributed by atoms with Crippen LogP contribution in [0.1, 0.15) is 24.4 Å². The van der Waals surface area contributed by atoms with E-state index >= 15 is 0 Å². The number of rotatable bonds is 5. The number of hydrogen-bond donors (Lipinski definition) is 1. The summed E-state index contributed by atoms with van der Waals surface area (Å²) >= 11 is 4.69. The molecule has 19 heavy (non-hydrogen) atoms. The molecular weight excluding hydrogens is 329 g/mol. The van der Waals surface area contributed by atoms with Crippen molar-refractivity contribution < 1.29 is 4.39 Å². The number of aromatic nitrogens is 2. The fraction of sp³-hybridized carbons (Fsp3) is 0.385. The van der Waals surface area contributed by atoms with Crippen molar-refractivity contribution in [2.45, 2.75) is 26.8 Å². The quantitative estimate of drug-likeness (QED) is 0.881. The molecule has 1 aromatic heterocycles. The number of anilines is 1. The van der Waals surface area contributed by atoms with Gasteiger partial charge in [0.25, 0.3) is 0 Å². The van der Waals surface area contributed by atoms with E-state index in [1.165, 1.54) is 6.07 Å². The first kappa shape index (κ1) is 14.4. The van der Waals surface area contributed by atoms with Gasteiger partial charge in [-0.15, -0.1) is 10.2 Å². The Labute approximate surface area is 124 Å². The highest BCUT2D eigenvalue weighted by Gasteiger charge is 2.06. The number of hydrogen-bond acceptors (Lipinski definition) is 4. The van der Waals surface area contributed by atoms with Gasteiger partial charge in [-0.1, -0.05) is 31.3 Å². The first-order valence-electron chi connectivity index (χ1n) is 6.05. The number of nitrogens with one attached hydrogen (secondary N) is 1. The van der Waals surface area contributed by atoms with E-state index < -0.39 is 0 Å². The van der Waals surface area contributed by atoms with Crippen LogP contribution in [0, 0.1) is 11.7 Å². The maximum Gasteiger partial charge on any atom is 0.205 e. The second kappa shape index (κ2) is 6.43. The molecule has 2 rings (SSSR count). The Morgan fingerprint density at radius 3 is 2.84 bits per heavy atom. The second-order valence-corrected chi connectivity index (χ2v) is 6.62. The van der Waals surface area contributed by atoms with Crippen LogP contribution in [-0.4, -0.2) is 10.2 Å². The Morgan fingerprint density at radius 1 is 1.37 bits per heavy atom. The molecule has 1 aromatic carbocycles. The fourth-order valence-electron chi connectivity index (χ4n) is 1.58. The van der Waals surface area contributed by atoms with Crippen LogP contribution in [0.4, 0.5) is 9.52 Å². The number of benzene rings is 1. The summed E-state index contributed by atoms with van der Waals surface area (Å²) in [6, 6.07) is 5.08. The predicted molar refractivity (Wildman–Crippen MR) is 79.9 cm³/mol. The lowest BCUT2D eigenvalue weighted by molar-refractivity contribution is 0.619.